The van der Waals surface area contributed by atoms with E-state index in [4.69, 9.17) is 4.74 Å². The number of hydrogen-bond acceptors (Lipinski definition) is 2. The number of ether oxygens (including phenoxy) is 1. The van der Waals surface area contributed by atoms with Crippen LogP contribution in [0.15, 0.2) is 0 Å². The van der Waals surface area contributed by atoms with Crippen molar-refractivity contribution in [1.29, 1.82) is 0 Å². The molecule has 0 aromatic rings. The van der Waals surface area contributed by atoms with Crippen molar-refractivity contribution in [3.63, 3.8) is 0 Å². The standard InChI is InChI=1S/C11H20BrNO/c12-10-4-3-6-13(8-10)9-11-5-1-2-7-14-11/h10-11H,1-9H2. The van der Waals surface area contributed by atoms with Gasteiger partial charge in [-0.1, -0.05) is 15.9 Å². The van der Waals surface area contributed by atoms with E-state index >= 15 is 0 Å². The predicted octanol–water partition coefficient (Wildman–Crippen LogP) is 2.41. The molecule has 2 fully saturated rings. The Morgan fingerprint density at radius 2 is 2.14 bits per heavy atom. The highest BCUT2D eigenvalue weighted by atomic mass is 79.9. The molecule has 0 saturated carbocycles. The number of nitrogens with zero attached hydrogens (tertiary/aromatic N) is 1. The lowest BCUT2D eigenvalue weighted by Crippen LogP contribution is -2.42. The molecule has 2 nitrogen and oxygen atoms in total. The highest BCUT2D eigenvalue weighted by Gasteiger charge is 2.22. The number of alkyl halides is 1. The Kier molecular flexibility index (Phi) is 4.26. The third kappa shape index (κ3) is 3.21. The third-order valence-corrected chi connectivity index (χ3v) is 3.93. The molecule has 0 bridgehead atoms. The molecule has 0 radical (unpaired) electrons. The van der Waals surface area contributed by atoms with Gasteiger partial charge in [0.1, 0.15) is 0 Å². The monoisotopic (exact) mass is 261 g/mol. The van der Waals surface area contributed by atoms with Gasteiger partial charge in [0, 0.05) is 24.5 Å². The maximum Gasteiger partial charge on any atom is 0.0702 e. The number of piperidine rings is 1. The van der Waals surface area contributed by atoms with Gasteiger partial charge in [-0.3, -0.25) is 4.90 Å². The molecule has 0 aliphatic carbocycles. The Bertz CT molecular complexity index is 171. The largest absolute Gasteiger partial charge is 0.377 e. The van der Waals surface area contributed by atoms with Crippen molar-refractivity contribution in [3.05, 3.63) is 0 Å². The summed E-state index contributed by atoms with van der Waals surface area (Å²) in [6, 6.07) is 0. The summed E-state index contributed by atoms with van der Waals surface area (Å²) in [6.07, 6.45) is 7.07. The van der Waals surface area contributed by atoms with Gasteiger partial charge in [0.2, 0.25) is 0 Å². The second kappa shape index (κ2) is 5.47. The summed E-state index contributed by atoms with van der Waals surface area (Å²) in [5.74, 6) is 0. The molecule has 82 valence electrons. The van der Waals surface area contributed by atoms with Crippen LogP contribution in [-0.4, -0.2) is 42.1 Å². The van der Waals surface area contributed by atoms with Crippen LogP contribution in [-0.2, 0) is 4.74 Å². The molecule has 2 aliphatic rings. The lowest BCUT2D eigenvalue weighted by molar-refractivity contribution is -0.00802. The Labute approximate surface area is 95.1 Å². The first-order chi connectivity index (χ1) is 6.84. The third-order valence-electron chi connectivity index (χ3n) is 3.18. The summed E-state index contributed by atoms with van der Waals surface area (Å²) in [5.41, 5.74) is 0. The van der Waals surface area contributed by atoms with Crippen molar-refractivity contribution in [2.24, 2.45) is 0 Å². The van der Waals surface area contributed by atoms with Gasteiger partial charge in [0.15, 0.2) is 0 Å². The zero-order valence-corrected chi connectivity index (χ0v) is 10.3. The minimum atomic E-state index is 0.515. The number of likely N-dealkylation sites (tertiary alicyclic amines) is 1. The van der Waals surface area contributed by atoms with E-state index in [2.05, 4.69) is 20.8 Å². The Morgan fingerprint density at radius 1 is 1.21 bits per heavy atom. The molecule has 2 saturated heterocycles. The van der Waals surface area contributed by atoms with Crippen molar-refractivity contribution in [2.45, 2.75) is 43.0 Å². The minimum Gasteiger partial charge on any atom is -0.377 e. The lowest BCUT2D eigenvalue weighted by Gasteiger charge is -2.34. The van der Waals surface area contributed by atoms with Crippen molar-refractivity contribution in [3.8, 4) is 0 Å². The highest BCUT2D eigenvalue weighted by Crippen LogP contribution is 2.19. The van der Waals surface area contributed by atoms with Gasteiger partial charge < -0.3 is 4.74 Å². The molecule has 2 atom stereocenters. The number of halogens is 1. The topological polar surface area (TPSA) is 12.5 Å². The Morgan fingerprint density at radius 3 is 2.86 bits per heavy atom. The first-order valence-electron chi connectivity index (χ1n) is 5.82. The van der Waals surface area contributed by atoms with Crippen LogP contribution in [0.5, 0.6) is 0 Å². The van der Waals surface area contributed by atoms with E-state index in [1.807, 2.05) is 0 Å². The molecule has 0 aromatic heterocycles. The fourth-order valence-electron chi connectivity index (χ4n) is 2.40. The molecule has 2 unspecified atom stereocenters. The van der Waals surface area contributed by atoms with Crippen molar-refractivity contribution < 1.29 is 4.74 Å². The zero-order valence-electron chi connectivity index (χ0n) is 8.75. The summed E-state index contributed by atoms with van der Waals surface area (Å²) in [6.45, 7) is 4.61. The smallest absolute Gasteiger partial charge is 0.0702 e. The first-order valence-corrected chi connectivity index (χ1v) is 6.74. The molecule has 0 amide bonds. The summed E-state index contributed by atoms with van der Waals surface area (Å²) in [5, 5.41) is 0. The lowest BCUT2D eigenvalue weighted by atomic mass is 10.1. The maximum absolute atomic E-state index is 5.76. The Balaban J connectivity index is 1.72. The van der Waals surface area contributed by atoms with E-state index in [1.165, 1.54) is 45.2 Å². The van der Waals surface area contributed by atoms with Gasteiger partial charge in [0.05, 0.1) is 6.10 Å². The van der Waals surface area contributed by atoms with E-state index in [0.717, 1.165) is 13.2 Å². The van der Waals surface area contributed by atoms with Gasteiger partial charge >= 0.3 is 0 Å². The normalized spacial score (nSPS) is 35.8. The van der Waals surface area contributed by atoms with Gasteiger partial charge in [-0.15, -0.1) is 0 Å². The average molecular weight is 262 g/mol. The molecule has 14 heavy (non-hydrogen) atoms. The molecule has 0 aromatic carbocycles. The van der Waals surface area contributed by atoms with Crippen LogP contribution < -0.4 is 0 Å². The van der Waals surface area contributed by atoms with Crippen LogP contribution in [0, 0.1) is 0 Å². The second-order valence-electron chi connectivity index (χ2n) is 4.49. The summed E-state index contributed by atoms with van der Waals surface area (Å²) >= 11 is 3.71. The van der Waals surface area contributed by atoms with E-state index in [-0.39, 0.29) is 0 Å². The van der Waals surface area contributed by atoms with E-state index in [0.29, 0.717) is 10.9 Å². The first kappa shape index (κ1) is 10.9. The average Bonchev–Trinajstić information content (AvgIpc) is 2.19. The van der Waals surface area contributed by atoms with Crippen LogP contribution in [0.3, 0.4) is 0 Å². The SMILES string of the molecule is BrC1CCCN(CC2CCCCO2)C1. The summed E-state index contributed by atoms with van der Waals surface area (Å²) < 4.78 is 5.76. The molecule has 0 N–H and O–H groups in total. The molecular weight excluding hydrogens is 242 g/mol. The molecule has 2 rings (SSSR count). The molecule has 3 heteroatoms. The van der Waals surface area contributed by atoms with Crippen LogP contribution in [0.4, 0.5) is 0 Å². The zero-order chi connectivity index (χ0) is 9.80. The van der Waals surface area contributed by atoms with Gasteiger partial charge in [0.25, 0.3) is 0 Å². The van der Waals surface area contributed by atoms with Gasteiger partial charge in [-0.2, -0.15) is 0 Å². The molecule has 0 spiro atoms. The van der Waals surface area contributed by atoms with E-state index in [1.54, 1.807) is 0 Å². The van der Waals surface area contributed by atoms with Crippen molar-refractivity contribution in [1.82, 2.24) is 4.90 Å². The molecule has 2 heterocycles. The van der Waals surface area contributed by atoms with E-state index < -0.39 is 0 Å². The predicted molar refractivity (Wildman–Crippen MR) is 62.0 cm³/mol. The number of rotatable bonds is 2. The van der Waals surface area contributed by atoms with Crippen LogP contribution in [0.2, 0.25) is 0 Å². The second-order valence-corrected chi connectivity index (χ2v) is 5.78. The molecular formula is C11H20BrNO. The quantitative estimate of drug-likeness (QED) is 0.709. The number of hydrogen-bond donors (Lipinski definition) is 0. The van der Waals surface area contributed by atoms with Crippen molar-refractivity contribution >= 4 is 15.9 Å². The van der Waals surface area contributed by atoms with Crippen LogP contribution in [0.25, 0.3) is 0 Å². The van der Waals surface area contributed by atoms with Crippen molar-refractivity contribution in [2.75, 3.05) is 26.2 Å². The minimum absolute atomic E-state index is 0.515. The maximum atomic E-state index is 5.76. The molecule has 2 aliphatic heterocycles. The summed E-state index contributed by atoms with van der Waals surface area (Å²) in [7, 11) is 0. The highest BCUT2D eigenvalue weighted by molar-refractivity contribution is 9.09. The fraction of sp³-hybridized carbons (Fsp3) is 1.00. The van der Waals surface area contributed by atoms with Crippen LogP contribution in [0.1, 0.15) is 32.1 Å². The van der Waals surface area contributed by atoms with Gasteiger partial charge in [-0.25, -0.2) is 0 Å². The Hall–Kier alpha value is 0.400. The fourth-order valence-corrected chi connectivity index (χ4v) is 3.14. The summed E-state index contributed by atoms with van der Waals surface area (Å²) in [4.78, 5) is 3.26. The van der Waals surface area contributed by atoms with Crippen LogP contribution >= 0.6 is 15.9 Å². The van der Waals surface area contributed by atoms with Gasteiger partial charge in [-0.05, 0) is 38.6 Å². The van der Waals surface area contributed by atoms with E-state index in [9.17, 15) is 0 Å².